The molecule has 0 aromatic heterocycles. The summed E-state index contributed by atoms with van der Waals surface area (Å²) in [6.45, 7) is 21.2. The molecule has 8 saturated carbocycles. The number of rotatable bonds is 5. The first-order valence-corrected chi connectivity index (χ1v) is 27.4. The van der Waals surface area contributed by atoms with Crippen LogP contribution in [0.1, 0.15) is 234 Å². The SMILES string of the molecule is C1CCC2C(C1)CCC2CCC1CCC2CCCCC21.CC(C)C1CCCC1.CC1=CC=C(C)C2CCCC12.CC1CC(C)C(C)C1C.CC1CCC(c2ccccc2)C1. The largest absolute Gasteiger partial charge is 0.0696 e. The minimum atomic E-state index is 0.848. The highest BCUT2D eigenvalue weighted by atomic mass is 14.5. The van der Waals surface area contributed by atoms with E-state index >= 15 is 0 Å². The number of fused-ring (bicyclic) bond motifs is 3. The highest BCUT2D eigenvalue weighted by Gasteiger charge is 2.40. The first kappa shape index (κ1) is 48.2. The first-order chi connectivity index (χ1) is 29.0. The second kappa shape index (κ2) is 24.1. The fourth-order valence-corrected chi connectivity index (χ4v) is 15.3. The molecule has 0 saturated heterocycles. The summed E-state index contributed by atoms with van der Waals surface area (Å²) >= 11 is 0. The maximum atomic E-state index is 2.39. The van der Waals surface area contributed by atoms with E-state index in [-0.39, 0.29) is 0 Å². The molecule has 340 valence electrons. The van der Waals surface area contributed by atoms with Gasteiger partial charge in [0.1, 0.15) is 0 Å². The van der Waals surface area contributed by atoms with Crippen molar-refractivity contribution in [3.05, 3.63) is 59.2 Å². The molecule has 8 fully saturated rings. The fraction of sp³-hybridized carbons (Fsp3) is 0.833. The molecule has 1 aromatic carbocycles. The lowest BCUT2D eigenvalue weighted by Crippen LogP contribution is -2.22. The summed E-state index contributed by atoms with van der Waals surface area (Å²) in [5, 5.41) is 0. The molecule has 14 atom stereocenters. The Hall–Kier alpha value is -1.30. The van der Waals surface area contributed by atoms with Gasteiger partial charge in [-0.25, -0.2) is 0 Å². The molecule has 0 radical (unpaired) electrons. The molecule has 0 heteroatoms. The van der Waals surface area contributed by atoms with Crippen molar-refractivity contribution in [1.29, 1.82) is 0 Å². The molecular formula is C60H100. The molecule has 14 unspecified atom stereocenters. The monoisotopic (exact) mass is 821 g/mol. The predicted octanol–water partition coefficient (Wildman–Crippen LogP) is 18.9. The molecule has 0 heterocycles. The van der Waals surface area contributed by atoms with Gasteiger partial charge in [-0.3, -0.25) is 0 Å². The van der Waals surface area contributed by atoms with Gasteiger partial charge in [0, 0.05) is 0 Å². The van der Waals surface area contributed by atoms with E-state index in [4.69, 9.17) is 0 Å². The topological polar surface area (TPSA) is 0 Å². The van der Waals surface area contributed by atoms with Gasteiger partial charge in [0.15, 0.2) is 0 Å². The number of allylic oxidation sites excluding steroid dienone is 4. The third kappa shape index (κ3) is 13.4. The van der Waals surface area contributed by atoms with Crippen molar-refractivity contribution in [1.82, 2.24) is 0 Å². The maximum Gasteiger partial charge on any atom is -0.0137 e. The average Bonchev–Trinajstić information content (AvgIpc) is 4.14. The first-order valence-electron chi connectivity index (χ1n) is 27.4. The normalized spacial score (nSPS) is 39.3. The van der Waals surface area contributed by atoms with Crippen molar-refractivity contribution in [3.8, 4) is 0 Å². The molecule has 0 bridgehead atoms. The molecule has 0 N–H and O–H groups in total. The maximum absolute atomic E-state index is 2.39. The van der Waals surface area contributed by atoms with E-state index in [0.29, 0.717) is 0 Å². The Bertz CT molecular complexity index is 1340. The van der Waals surface area contributed by atoms with Crippen molar-refractivity contribution in [3.63, 3.8) is 0 Å². The van der Waals surface area contributed by atoms with Crippen molar-refractivity contribution in [2.75, 3.05) is 0 Å². The molecule has 10 rings (SSSR count). The van der Waals surface area contributed by atoms with E-state index in [2.05, 4.69) is 105 Å². The van der Waals surface area contributed by atoms with Crippen LogP contribution >= 0.6 is 0 Å². The summed E-state index contributed by atoms with van der Waals surface area (Å²) in [6, 6.07) is 10.9. The minimum Gasteiger partial charge on any atom is -0.0696 e. The number of benzene rings is 1. The van der Waals surface area contributed by atoms with Crippen LogP contribution in [-0.2, 0) is 0 Å². The molecular weight excluding hydrogens is 721 g/mol. The third-order valence-corrected chi connectivity index (χ3v) is 19.8. The molecule has 1 aromatic rings. The van der Waals surface area contributed by atoms with Crippen LogP contribution in [0.2, 0.25) is 0 Å². The Balaban J connectivity index is 0.000000132. The van der Waals surface area contributed by atoms with Crippen LogP contribution < -0.4 is 0 Å². The Morgan fingerprint density at radius 2 is 0.967 bits per heavy atom. The Morgan fingerprint density at radius 3 is 1.38 bits per heavy atom. The Kier molecular flexibility index (Phi) is 19.4. The summed E-state index contributed by atoms with van der Waals surface area (Å²) in [7, 11) is 0. The van der Waals surface area contributed by atoms with Crippen molar-refractivity contribution in [2.24, 2.45) is 88.8 Å². The van der Waals surface area contributed by atoms with E-state index in [1.807, 2.05) is 0 Å². The van der Waals surface area contributed by atoms with Crippen LogP contribution in [-0.4, -0.2) is 0 Å². The van der Waals surface area contributed by atoms with Crippen LogP contribution in [0.5, 0.6) is 0 Å². The Morgan fingerprint density at radius 1 is 0.483 bits per heavy atom. The highest BCUT2D eigenvalue weighted by Crippen LogP contribution is 2.51. The molecule has 0 aliphatic heterocycles. The van der Waals surface area contributed by atoms with Crippen molar-refractivity contribution >= 4 is 0 Å². The van der Waals surface area contributed by atoms with Crippen molar-refractivity contribution < 1.29 is 0 Å². The average molecular weight is 821 g/mol. The van der Waals surface area contributed by atoms with Crippen LogP contribution in [0.4, 0.5) is 0 Å². The van der Waals surface area contributed by atoms with E-state index in [1.54, 1.807) is 107 Å². The quantitative estimate of drug-likeness (QED) is 0.278. The van der Waals surface area contributed by atoms with E-state index in [9.17, 15) is 0 Å². The summed E-state index contributed by atoms with van der Waals surface area (Å²) in [5.74, 6) is 16.4. The van der Waals surface area contributed by atoms with Gasteiger partial charge in [-0.2, -0.15) is 0 Å². The zero-order chi connectivity index (χ0) is 42.6. The van der Waals surface area contributed by atoms with Gasteiger partial charge in [0.2, 0.25) is 0 Å². The van der Waals surface area contributed by atoms with Crippen LogP contribution in [0.15, 0.2) is 53.6 Å². The fourth-order valence-electron chi connectivity index (χ4n) is 15.3. The lowest BCUT2D eigenvalue weighted by molar-refractivity contribution is 0.187. The smallest absolute Gasteiger partial charge is 0.0137 e. The standard InChI is InChI=1S/C20H34.C12H16.C11H16.C9H18.C8H16/c1-3-7-19-15(5-1)9-11-17(19)13-14-18-12-10-16-6-2-4-8-20(16)18;1-10-7-8-12(9-10)11-5-3-2-4-6-11;1-8-6-7-9(2)11-5-3-4-10(8)11;1-6-5-7(2)9(4)8(6)3;1-7(2)8-5-3-4-6-8/h15-20H,1-14H2;2-6,10,12H,7-9H2,1H3;6-7,10-11H,3-5H2,1-2H3;6-9H,5H2,1-4H3;7-8H,3-6H2,1-2H3. The zero-order valence-corrected chi connectivity index (χ0v) is 41.5. The second-order valence-corrected chi connectivity index (χ2v) is 23.9. The van der Waals surface area contributed by atoms with Crippen molar-refractivity contribution in [2.45, 2.75) is 229 Å². The van der Waals surface area contributed by atoms with Crippen LogP contribution in [0.3, 0.4) is 0 Å². The van der Waals surface area contributed by atoms with Gasteiger partial charge in [-0.05, 0) is 198 Å². The van der Waals surface area contributed by atoms with Gasteiger partial charge in [-0.15, -0.1) is 0 Å². The molecule has 0 amide bonds. The summed E-state index contributed by atoms with van der Waals surface area (Å²) < 4.78 is 0. The van der Waals surface area contributed by atoms with Gasteiger partial charge >= 0.3 is 0 Å². The predicted molar refractivity (Wildman–Crippen MR) is 264 cm³/mol. The second-order valence-electron chi connectivity index (χ2n) is 23.9. The zero-order valence-electron chi connectivity index (χ0n) is 41.5. The summed E-state index contributed by atoms with van der Waals surface area (Å²) in [4.78, 5) is 0. The van der Waals surface area contributed by atoms with Crippen LogP contribution in [0, 0.1) is 88.8 Å². The molecule has 9 aliphatic carbocycles. The van der Waals surface area contributed by atoms with Gasteiger partial charge in [-0.1, -0.05) is 179 Å². The number of hydrogen-bond donors (Lipinski definition) is 0. The minimum absolute atomic E-state index is 0.848. The van der Waals surface area contributed by atoms with E-state index < -0.39 is 0 Å². The van der Waals surface area contributed by atoms with Gasteiger partial charge in [0.25, 0.3) is 0 Å². The molecule has 9 aliphatic rings. The third-order valence-electron chi connectivity index (χ3n) is 19.8. The van der Waals surface area contributed by atoms with Crippen LogP contribution in [0.25, 0.3) is 0 Å². The highest BCUT2D eigenvalue weighted by molar-refractivity contribution is 5.28. The van der Waals surface area contributed by atoms with E-state index in [1.165, 1.54) is 70.6 Å². The lowest BCUT2D eigenvalue weighted by Gasteiger charge is -2.32. The lowest BCUT2D eigenvalue weighted by atomic mass is 9.74. The van der Waals surface area contributed by atoms with Gasteiger partial charge in [0.05, 0.1) is 0 Å². The Labute approximate surface area is 375 Å². The summed E-state index contributed by atoms with van der Waals surface area (Å²) in [6.07, 6.45) is 42.6. The molecule has 60 heavy (non-hydrogen) atoms. The van der Waals surface area contributed by atoms with E-state index in [0.717, 1.165) is 94.7 Å². The number of hydrogen-bond acceptors (Lipinski definition) is 0. The van der Waals surface area contributed by atoms with Gasteiger partial charge < -0.3 is 0 Å². The molecule has 0 spiro atoms. The molecule has 0 nitrogen and oxygen atoms in total. The summed E-state index contributed by atoms with van der Waals surface area (Å²) in [5.41, 5.74) is 4.76.